The van der Waals surface area contributed by atoms with Gasteiger partial charge in [-0.15, -0.1) is 0 Å². The molecule has 2 atom stereocenters. The molecule has 0 saturated carbocycles. The van der Waals surface area contributed by atoms with Crippen LogP contribution in [-0.2, 0) is 9.53 Å². The molecule has 7 nitrogen and oxygen atoms in total. The van der Waals surface area contributed by atoms with Crippen molar-refractivity contribution in [2.45, 2.75) is 46.3 Å². The Labute approximate surface area is 158 Å². The molecule has 2 rings (SSSR count). The van der Waals surface area contributed by atoms with E-state index in [0.29, 0.717) is 11.7 Å². The molecule has 0 bridgehead atoms. The molecule has 2 aromatic rings. The van der Waals surface area contributed by atoms with E-state index in [2.05, 4.69) is 16.4 Å². The molecule has 27 heavy (non-hydrogen) atoms. The summed E-state index contributed by atoms with van der Waals surface area (Å²) in [5.74, 6) is -0.820. The highest BCUT2D eigenvalue weighted by molar-refractivity contribution is 5.92. The van der Waals surface area contributed by atoms with E-state index in [1.165, 1.54) is 6.92 Å². The van der Waals surface area contributed by atoms with Crippen molar-refractivity contribution in [1.82, 2.24) is 10.3 Å². The zero-order chi connectivity index (χ0) is 20.2. The third kappa shape index (κ3) is 4.53. The summed E-state index contributed by atoms with van der Waals surface area (Å²) < 4.78 is 10.8. The number of carbonyl (C=O) groups is 2. The highest BCUT2D eigenvalue weighted by Gasteiger charge is 2.33. The predicted molar refractivity (Wildman–Crippen MR) is 98.6 cm³/mol. The third-order valence-electron chi connectivity index (χ3n) is 4.43. The Balaban J connectivity index is 2.10. The first-order valence-electron chi connectivity index (χ1n) is 8.65. The number of oxazole rings is 1. The van der Waals surface area contributed by atoms with Gasteiger partial charge in [-0.25, -0.2) is 9.78 Å². The monoisotopic (exact) mass is 369 g/mol. The zero-order valence-corrected chi connectivity index (χ0v) is 16.1. The number of esters is 1. The lowest BCUT2D eigenvalue weighted by molar-refractivity contribution is -0.130. The number of ether oxygens (including phenoxy) is 1. The van der Waals surface area contributed by atoms with Crippen LogP contribution in [0.1, 0.15) is 43.9 Å². The molecule has 1 aromatic carbocycles. The van der Waals surface area contributed by atoms with Crippen molar-refractivity contribution in [1.29, 1.82) is 5.26 Å². The predicted octanol–water partition coefficient (Wildman–Crippen LogP) is 3.25. The van der Waals surface area contributed by atoms with E-state index >= 15 is 0 Å². The maximum absolute atomic E-state index is 12.4. The standard InChI is InChI=1S/C20H23N3O4/c1-12(2)20(5,11-21)23-17(24)14(4)27-19(25)16-13(3)26-18(22-16)15-9-7-6-8-10-15/h6-10,12,14H,1-5H3,(H,23,24)/t14-,20-/m0/s1. The number of aryl methyl sites for hydroxylation is 1. The summed E-state index contributed by atoms with van der Waals surface area (Å²) in [6.45, 7) is 8.32. The first-order valence-corrected chi connectivity index (χ1v) is 8.65. The molecule has 0 unspecified atom stereocenters. The van der Waals surface area contributed by atoms with Crippen LogP contribution in [0.15, 0.2) is 34.7 Å². The summed E-state index contributed by atoms with van der Waals surface area (Å²) in [6.07, 6.45) is -1.08. The van der Waals surface area contributed by atoms with Crippen LogP contribution >= 0.6 is 0 Å². The van der Waals surface area contributed by atoms with Gasteiger partial charge in [0.15, 0.2) is 11.8 Å². The number of rotatable bonds is 6. The smallest absolute Gasteiger partial charge is 0.361 e. The highest BCUT2D eigenvalue weighted by Crippen LogP contribution is 2.22. The largest absolute Gasteiger partial charge is 0.448 e. The quantitative estimate of drug-likeness (QED) is 0.784. The SMILES string of the molecule is Cc1oc(-c2ccccc2)nc1C(=O)O[C@@H](C)C(=O)N[C@@](C)(C#N)C(C)C. The molecule has 1 N–H and O–H groups in total. The number of nitriles is 1. The van der Waals surface area contributed by atoms with Crippen molar-refractivity contribution in [3.8, 4) is 17.5 Å². The van der Waals surface area contributed by atoms with Crippen LogP contribution in [-0.4, -0.2) is 28.5 Å². The van der Waals surface area contributed by atoms with Crippen molar-refractivity contribution in [2.75, 3.05) is 0 Å². The summed E-state index contributed by atoms with van der Waals surface area (Å²) in [5, 5.41) is 11.9. The van der Waals surface area contributed by atoms with E-state index in [1.54, 1.807) is 13.8 Å². The van der Waals surface area contributed by atoms with Gasteiger partial charge in [-0.1, -0.05) is 32.0 Å². The first-order chi connectivity index (χ1) is 12.7. The zero-order valence-electron chi connectivity index (χ0n) is 16.1. The maximum atomic E-state index is 12.4. The Morgan fingerprint density at radius 3 is 2.44 bits per heavy atom. The summed E-state index contributed by atoms with van der Waals surface area (Å²) in [5.41, 5.74) is -0.310. The second kappa shape index (κ2) is 8.04. The van der Waals surface area contributed by atoms with Crippen LogP contribution in [0.5, 0.6) is 0 Å². The average molecular weight is 369 g/mol. The molecule has 0 spiro atoms. The normalized spacial score (nSPS) is 14.1. The lowest BCUT2D eigenvalue weighted by atomic mass is 9.90. The lowest BCUT2D eigenvalue weighted by Gasteiger charge is -2.28. The van der Waals surface area contributed by atoms with Crippen molar-refractivity contribution < 1.29 is 18.7 Å². The van der Waals surface area contributed by atoms with Crippen molar-refractivity contribution in [2.24, 2.45) is 5.92 Å². The number of nitrogens with zero attached hydrogens (tertiary/aromatic N) is 2. The van der Waals surface area contributed by atoms with Crippen molar-refractivity contribution in [3.05, 3.63) is 41.8 Å². The molecule has 1 heterocycles. The van der Waals surface area contributed by atoms with E-state index < -0.39 is 23.5 Å². The van der Waals surface area contributed by atoms with E-state index in [0.717, 1.165) is 5.56 Å². The minimum absolute atomic E-state index is 0.0143. The number of benzene rings is 1. The Morgan fingerprint density at radius 1 is 1.26 bits per heavy atom. The van der Waals surface area contributed by atoms with Crippen LogP contribution in [0.3, 0.4) is 0 Å². The van der Waals surface area contributed by atoms with Crippen molar-refractivity contribution in [3.63, 3.8) is 0 Å². The molecule has 0 saturated heterocycles. The molecule has 142 valence electrons. The van der Waals surface area contributed by atoms with E-state index in [1.807, 2.05) is 44.2 Å². The van der Waals surface area contributed by atoms with Crippen LogP contribution in [0.4, 0.5) is 0 Å². The van der Waals surface area contributed by atoms with Crippen LogP contribution in [0.25, 0.3) is 11.5 Å². The van der Waals surface area contributed by atoms with Crippen molar-refractivity contribution >= 4 is 11.9 Å². The lowest BCUT2D eigenvalue weighted by Crippen LogP contribution is -2.52. The van der Waals surface area contributed by atoms with Gasteiger partial charge in [-0.2, -0.15) is 5.26 Å². The van der Waals surface area contributed by atoms with Gasteiger partial charge in [0, 0.05) is 5.56 Å². The minimum Gasteiger partial charge on any atom is -0.448 e. The fourth-order valence-corrected chi connectivity index (χ4v) is 2.22. The number of hydrogen-bond acceptors (Lipinski definition) is 6. The minimum atomic E-state index is -1.08. The average Bonchev–Trinajstić information content (AvgIpc) is 3.03. The van der Waals surface area contributed by atoms with Crippen LogP contribution in [0.2, 0.25) is 0 Å². The van der Waals surface area contributed by atoms with E-state index in [4.69, 9.17) is 9.15 Å². The van der Waals surface area contributed by atoms with Gasteiger partial charge >= 0.3 is 5.97 Å². The molecule has 0 fully saturated rings. The highest BCUT2D eigenvalue weighted by atomic mass is 16.5. The van der Waals surface area contributed by atoms with Crippen LogP contribution in [0, 0.1) is 24.2 Å². The molecule has 0 aliphatic carbocycles. The number of nitrogens with one attached hydrogen (secondary N) is 1. The van der Waals surface area contributed by atoms with Gasteiger partial charge in [0.05, 0.1) is 6.07 Å². The fourth-order valence-electron chi connectivity index (χ4n) is 2.22. The van der Waals surface area contributed by atoms with Gasteiger partial charge in [0.25, 0.3) is 5.91 Å². The summed E-state index contributed by atoms with van der Waals surface area (Å²) >= 11 is 0. The molecular weight excluding hydrogens is 346 g/mol. The second-order valence-electron chi connectivity index (χ2n) is 6.80. The summed E-state index contributed by atoms with van der Waals surface area (Å²) in [6, 6.07) is 11.2. The Kier molecular flexibility index (Phi) is 6.01. The van der Waals surface area contributed by atoms with Gasteiger partial charge in [-0.05, 0) is 38.8 Å². The number of hydrogen-bond donors (Lipinski definition) is 1. The summed E-state index contributed by atoms with van der Waals surface area (Å²) in [7, 11) is 0. The number of amides is 1. The molecule has 0 radical (unpaired) electrons. The maximum Gasteiger partial charge on any atom is 0.361 e. The number of aromatic nitrogens is 1. The second-order valence-corrected chi connectivity index (χ2v) is 6.80. The van der Waals surface area contributed by atoms with E-state index in [-0.39, 0.29) is 11.6 Å². The van der Waals surface area contributed by atoms with Gasteiger partial charge in [-0.3, -0.25) is 4.79 Å². The van der Waals surface area contributed by atoms with Gasteiger partial charge in [0.1, 0.15) is 11.3 Å². The molecule has 1 amide bonds. The molecule has 1 aromatic heterocycles. The fraction of sp³-hybridized carbons (Fsp3) is 0.400. The summed E-state index contributed by atoms with van der Waals surface area (Å²) in [4.78, 5) is 28.9. The number of carbonyl (C=O) groups excluding carboxylic acids is 2. The Hall–Kier alpha value is -3.14. The van der Waals surface area contributed by atoms with Gasteiger partial charge in [0.2, 0.25) is 5.89 Å². The third-order valence-corrected chi connectivity index (χ3v) is 4.43. The topological polar surface area (TPSA) is 105 Å². The van der Waals surface area contributed by atoms with Gasteiger partial charge < -0.3 is 14.5 Å². The Bertz CT molecular complexity index is 867. The van der Waals surface area contributed by atoms with Crippen LogP contribution < -0.4 is 5.32 Å². The Morgan fingerprint density at radius 2 is 1.89 bits per heavy atom. The molecule has 0 aliphatic heterocycles. The molecular formula is C20H23N3O4. The first kappa shape index (κ1) is 20.2. The molecule has 7 heteroatoms. The van der Waals surface area contributed by atoms with E-state index in [9.17, 15) is 14.9 Å². The molecule has 0 aliphatic rings.